The van der Waals surface area contributed by atoms with Gasteiger partial charge in [-0.15, -0.1) is 0 Å². The largest absolute Gasteiger partial charge is 0.330 e. The molecule has 0 aliphatic carbocycles. The van der Waals surface area contributed by atoms with Crippen molar-refractivity contribution in [1.82, 2.24) is 9.78 Å². The molecule has 0 aliphatic heterocycles. The van der Waals surface area contributed by atoms with Gasteiger partial charge in [-0.05, 0) is 24.6 Å². The van der Waals surface area contributed by atoms with Gasteiger partial charge in [-0.3, -0.25) is 14.6 Å². The Bertz CT molecular complexity index is 510. The number of nitrogens with zero attached hydrogens (tertiary/aromatic N) is 1. The third kappa shape index (κ3) is 1.24. The van der Waals surface area contributed by atoms with Gasteiger partial charge in [0.2, 0.25) is 0 Å². The van der Waals surface area contributed by atoms with Crippen molar-refractivity contribution in [2.24, 2.45) is 12.8 Å². The smallest absolute Gasteiger partial charge is 0.274 e. The fourth-order valence-corrected chi connectivity index (χ4v) is 1.71. The molecule has 0 bridgehead atoms. The molecule has 0 saturated carbocycles. The summed E-state index contributed by atoms with van der Waals surface area (Å²) in [6.07, 6.45) is 0.741. The number of nitrogens with one attached hydrogen (secondary N) is 1. The maximum Gasteiger partial charge on any atom is 0.274 e. The zero-order valence-corrected chi connectivity index (χ0v) is 8.08. The number of benzene rings is 1. The van der Waals surface area contributed by atoms with Crippen LogP contribution >= 0.6 is 0 Å². The average Bonchev–Trinajstić information content (AvgIpc) is 2.45. The molecule has 1 aromatic carbocycles. The van der Waals surface area contributed by atoms with Gasteiger partial charge in [-0.25, -0.2) is 0 Å². The first-order valence-corrected chi connectivity index (χ1v) is 4.60. The van der Waals surface area contributed by atoms with Crippen LogP contribution in [0, 0.1) is 0 Å². The molecule has 0 aliphatic rings. The van der Waals surface area contributed by atoms with E-state index < -0.39 is 0 Å². The Morgan fingerprint density at radius 2 is 2.29 bits per heavy atom. The van der Waals surface area contributed by atoms with Crippen LogP contribution in [-0.4, -0.2) is 16.3 Å². The molecule has 74 valence electrons. The molecule has 2 rings (SSSR count). The van der Waals surface area contributed by atoms with Gasteiger partial charge >= 0.3 is 0 Å². The summed E-state index contributed by atoms with van der Waals surface area (Å²) in [7, 11) is 1.72. The topological polar surface area (TPSA) is 63.8 Å². The molecule has 0 atom stereocenters. The first-order valence-electron chi connectivity index (χ1n) is 4.60. The van der Waals surface area contributed by atoms with E-state index in [1.807, 2.05) is 18.2 Å². The Kier molecular flexibility index (Phi) is 2.13. The number of hydrogen-bond acceptors (Lipinski definition) is 2. The van der Waals surface area contributed by atoms with Crippen LogP contribution in [0.4, 0.5) is 0 Å². The van der Waals surface area contributed by atoms with Gasteiger partial charge < -0.3 is 5.73 Å². The van der Waals surface area contributed by atoms with E-state index in [0.717, 1.165) is 22.9 Å². The molecule has 4 nitrogen and oxygen atoms in total. The lowest BCUT2D eigenvalue weighted by Gasteiger charge is -1.97. The number of nitrogens with two attached hydrogens (primary N) is 1. The van der Waals surface area contributed by atoms with Crippen LogP contribution in [0.3, 0.4) is 0 Å². The summed E-state index contributed by atoms with van der Waals surface area (Å²) in [4.78, 5) is 11.7. The second-order valence-electron chi connectivity index (χ2n) is 3.35. The van der Waals surface area contributed by atoms with E-state index in [1.54, 1.807) is 7.05 Å². The van der Waals surface area contributed by atoms with E-state index in [4.69, 9.17) is 5.73 Å². The average molecular weight is 191 g/mol. The van der Waals surface area contributed by atoms with Gasteiger partial charge in [0.15, 0.2) is 0 Å². The third-order valence-electron chi connectivity index (χ3n) is 2.37. The van der Waals surface area contributed by atoms with Gasteiger partial charge in [-0.1, -0.05) is 12.1 Å². The van der Waals surface area contributed by atoms with Gasteiger partial charge in [0, 0.05) is 7.05 Å². The normalized spacial score (nSPS) is 11.0. The van der Waals surface area contributed by atoms with Crippen molar-refractivity contribution in [2.45, 2.75) is 6.42 Å². The summed E-state index contributed by atoms with van der Waals surface area (Å²) in [5, 5.41) is 3.75. The lowest BCUT2D eigenvalue weighted by atomic mass is 10.1. The number of fused-ring (bicyclic) bond motifs is 1. The molecule has 0 unspecified atom stereocenters. The zero-order valence-electron chi connectivity index (χ0n) is 8.08. The molecule has 2 aromatic rings. The van der Waals surface area contributed by atoms with Crippen molar-refractivity contribution in [3.05, 3.63) is 34.1 Å². The van der Waals surface area contributed by atoms with Crippen LogP contribution in [0.1, 0.15) is 5.56 Å². The van der Waals surface area contributed by atoms with Gasteiger partial charge in [0.1, 0.15) is 0 Å². The molecule has 4 heteroatoms. The zero-order chi connectivity index (χ0) is 10.1. The fourth-order valence-electron chi connectivity index (χ4n) is 1.71. The van der Waals surface area contributed by atoms with Gasteiger partial charge in [0.05, 0.1) is 10.9 Å². The Morgan fingerprint density at radius 1 is 1.50 bits per heavy atom. The maximum absolute atomic E-state index is 11.7. The molecule has 3 N–H and O–H groups in total. The first kappa shape index (κ1) is 9.02. The predicted octanol–water partition coefficient (Wildman–Crippen LogP) is 0.368. The molecule has 1 heterocycles. The summed E-state index contributed by atoms with van der Waals surface area (Å²) in [6, 6.07) is 5.78. The van der Waals surface area contributed by atoms with E-state index in [-0.39, 0.29) is 5.56 Å². The Balaban J connectivity index is 2.77. The third-order valence-corrected chi connectivity index (χ3v) is 2.37. The van der Waals surface area contributed by atoms with E-state index in [2.05, 4.69) is 5.10 Å². The standard InChI is InChI=1S/C10H13N3O/c1-13-10(14)9-7(5-6-11)3-2-4-8(9)12-13/h2-4,12H,5-6,11H2,1H3. The first-order chi connectivity index (χ1) is 6.74. The molecule has 1 aromatic heterocycles. The van der Waals surface area contributed by atoms with Crippen molar-refractivity contribution in [1.29, 1.82) is 0 Å². The van der Waals surface area contributed by atoms with E-state index in [9.17, 15) is 4.79 Å². The number of aromatic amines is 1. The number of rotatable bonds is 2. The van der Waals surface area contributed by atoms with E-state index in [0.29, 0.717) is 6.54 Å². The van der Waals surface area contributed by atoms with Crippen molar-refractivity contribution in [2.75, 3.05) is 6.54 Å². The van der Waals surface area contributed by atoms with Crippen LogP contribution in [0.2, 0.25) is 0 Å². The molecule has 0 fully saturated rings. The highest BCUT2D eigenvalue weighted by Crippen LogP contribution is 2.13. The number of aromatic nitrogens is 2. The minimum atomic E-state index is 0.0176. The van der Waals surface area contributed by atoms with Crippen molar-refractivity contribution < 1.29 is 0 Å². The SMILES string of the molecule is Cn1[nH]c2cccc(CCN)c2c1=O. The van der Waals surface area contributed by atoms with Gasteiger partial charge in [0.25, 0.3) is 5.56 Å². The molecule has 14 heavy (non-hydrogen) atoms. The monoisotopic (exact) mass is 191 g/mol. The second-order valence-corrected chi connectivity index (χ2v) is 3.35. The summed E-state index contributed by atoms with van der Waals surface area (Å²) in [5.41, 5.74) is 7.41. The predicted molar refractivity (Wildman–Crippen MR) is 56.3 cm³/mol. The van der Waals surface area contributed by atoms with Crippen molar-refractivity contribution in [3.63, 3.8) is 0 Å². The van der Waals surface area contributed by atoms with Crippen molar-refractivity contribution in [3.8, 4) is 0 Å². The van der Waals surface area contributed by atoms with Crippen LogP contribution < -0.4 is 11.3 Å². The molecule has 0 amide bonds. The highest BCUT2D eigenvalue weighted by Gasteiger charge is 2.07. The second kappa shape index (κ2) is 3.31. The summed E-state index contributed by atoms with van der Waals surface area (Å²) >= 11 is 0. The van der Waals surface area contributed by atoms with Crippen LogP contribution in [-0.2, 0) is 13.5 Å². The fraction of sp³-hybridized carbons (Fsp3) is 0.300. The molecular weight excluding hydrogens is 178 g/mol. The quantitative estimate of drug-likeness (QED) is 0.720. The Morgan fingerprint density at radius 3 is 3.00 bits per heavy atom. The molecule has 0 spiro atoms. The van der Waals surface area contributed by atoms with E-state index in [1.165, 1.54) is 4.68 Å². The highest BCUT2D eigenvalue weighted by atomic mass is 16.1. The highest BCUT2D eigenvalue weighted by molar-refractivity contribution is 5.81. The lowest BCUT2D eigenvalue weighted by molar-refractivity contribution is 0.751. The maximum atomic E-state index is 11.7. The van der Waals surface area contributed by atoms with Gasteiger partial charge in [-0.2, -0.15) is 0 Å². The molecule has 0 saturated heterocycles. The van der Waals surface area contributed by atoms with Crippen LogP contribution in [0.15, 0.2) is 23.0 Å². The Labute approximate surface area is 81.3 Å². The molecule has 0 radical (unpaired) electrons. The van der Waals surface area contributed by atoms with Crippen molar-refractivity contribution >= 4 is 10.9 Å². The summed E-state index contributed by atoms with van der Waals surface area (Å²) in [5.74, 6) is 0. The summed E-state index contributed by atoms with van der Waals surface area (Å²) in [6.45, 7) is 0.563. The number of hydrogen-bond donors (Lipinski definition) is 2. The minimum Gasteiger partial charge on any atom is -0.330 e. The number of aryl methyl sites for hydroxylation is 1. The van der Waals surface area contributed by atoms with E-state index >= 15 is 0 Å². The Hall–Kier alpha value is -1.55. The molecular formula is C10H13N3O. The number of H-pyrrole nitrogens is 1. The van der Waals surface area contributed by atoms with Crippen LogP contribution in [0.5, 0.6) is 0 Å². The minimum absolute atomic E-state index is 0.0176. The summed E-state index contributed by atoms with van der Waals surface area (Å²) < 4.78 is 1.49. The lowest BCUT2D eigenvalue weighted by Crippen LogP contribution is -2.13. The van der Waals surface area contributed by atoms with Crippen LogP contribution in [0.25, 0.3) is 10.9 Å².